The smallest absolute Gasteiger partial charge is 0.200 e. The van der Waals surface area contributed by atoms with Crippen LogP contribution in [0.25, 0.3) is 0 Å². The number of phenolic OH excluding ortho intramolecular Hbond substituents is 4. The monoisotopic (exact) mass is 454 g/mol. The highest BCUT2D eigenvalue weighted by Gasteiger charge is 2.33. The maximum Gasteiger partial charge on any atom is 0.200 e. The number of ketones is 1. The fourth-order valence-corrected chi connectivity index (χ4v) is 3.81. The number of phenols is 4. The van der Waals surface area contributed by atoms with Crippen molar-refractivity contribution in [3.05, 3.63) is 58.2 Å². The van der Waals surface area contributed by atoms with Gasteiger partial charge in [-0.2, -0.15) is 0 Å². The summed E-state index contributed by atoms with van der Waals surface area (Å²) in [5, 5.41) is 41.1. The third-order valence-electron chi connectivity index (χ3n) is 5.68. The van der Waals surface area contributed by atoms with Crippen LogP contribution in [0.2, 0.25) is 0 Å². The third-order valence-corrected chi connectivity index (χ3v) is 5.68. The summed E-state index contributed by atoms with van der Waals surface area (Å²) >= 11 is 0. The van der Waals surface area contributed by atoms with E-state index < -0.39 is 17.6 Å². The second-order valence-electron chi connectivity index (χ2n) is 8.50. The van der Waals surface area contributed by atoms with E-state index in [1.54, 1.807) is 0 Å². The Morgan fingerprint density at radius 3 is 2.45 bits per heavy atom. The van der Waals surface area contributed by atoms with Crippen LogP contribution < -0.4 is 9.47 Å². The predicted octanol–water partition coefficient (Wildman–Crippen LogP) is 5.46. The number of benzene rings is 2. The molecule has 0 aliphatic carbocycles. The van der Waals surface area contributed by atoms with Crippen molar-refractivity contribution in [3.8, 4) is 34.5 Å². The zero-order valence-electron chi connectivity index (χ0n) is 19.3. The van der Waals surface area contributed by atoms with Crippen molar-refractivity contribution in [2.24, 2.45) is 0 Å². The zero-order valence-corrected chi connectivity index (χ0v) is 19.3. The second kappa shape index (κ2) is 9.90. The first kappa shape index (κ1) is 24.0. The summed E-state index contributed by atoms with van der Waals surface area (Å²) in [6.07, 6.45) is 5.28. The van der Waals surface area contributed by atoms with Crippen molar-refractivity contribution in [1.82, 2.24) is 0 Å². The maximum absolute atomic E-state index is 12.9. The third kappa shape index (κ3) is 5.25. The van der Waals surface area contributed by atoms with Crippen molar-refractivity contribution in [1.29, 1.82) is 0 Å². The Kier molecular flexibility index (Phi) is 7.21. The molecule has 1 aliphatic heterocycles. The van der Waals surface area contributed by atoms with Crippen LogP contribution in [-0.4, -0.2) is 33.3 Å². The molecule has 0 saturated carbocycles. The fraction of sp³-hybridized carbons (Fsp3) is 0.346. The van der Waals surface area contributed by atoms with Gasteiger partial charge in [-0.3, -0.25) is 4.79 Å². The zero-order chi connectivity index (χ0) is 24.3. The summed E-state index contributed by atoms with van der Waals surface area (Å²) in [7, 11) is 1.34. The summed E-state index contributed by atoms with van der Waals surface area (Å²) in [5.74, 6) is -1.51. The van der Waals surface area contributed by atoms with Gasteiger partial charge >= 0.3 is 0 Å². The number of hydrogen-bond acceptors (Lipinski definition) is 7. The molecule has 1 aliphatic rings. The van der Waals surface area contributed by atoms with Crippen LogP contribution in [0.5, 0.6) is 34.5 Å². The lowest BCUT2D eigenvalue weighted by molar-refractivity contribution is 0.0843. The quantitative estimate of drug-likeness (QED) is 0.324. The van der Waals surface area contributed by atoms with E-state index in [2.05, 4.69) is 6.08 Å². The number of carbonyl (C=O) groups excluding carboxylic acids is 1. The highest BCUT2D eigenvalue weighted by Crippen LogP contribution is 2.46. The normalized spacial score (nSPS) is 15.6. The Morgan fingerprint density at radius 2 is 1.79 bits per heavy atom. The van der Waals surface area contributed by atoms with E-state index in [-0.39, 0.29) is 52.7 Å². The molecule has 2 aromatic carbocycles. The van der Waals surface area contributed by atoms with Gasteiger partial charge in [0.1, 0.15) is 28.9 Å². The molecule has 0 fully saturated rings. The lowest BCUT2D eigenvalue weighted by atomic mass is 9.92. The number of allylic oxidation sites excluding steroid dienone is 4. The van der Waals surface area contributed by atoms with Crippen LogP contribution in [0, 0.1) is 0 Å². The minimum absolute atomic E-state index is 0.0320. The molecular formula is C26H30O7. The average Bonchev–Trinajstić information content (AvgIpc) is 2.74. The molecule has 0 unspecified atom stereocenters. The first-order valence-electron chi connectivity index (χ1n) is 10.8. The van der Waals surface area contributed by atoms with E-state index in [1.165, 1.54) is 30.9 Å². The Hall–Kier alpha value is -3.61. The van der Waals surface area contributed by atoms with Gasteiger partial charge in [0.05, 0.1) is 13.5 Å². The van der Waals surface area contributed by atoms with Gasteiger partial charge in [-0.15, -0.1) is 0 Å². The molecule has 2 aromatic rings. The lowest BCUT2D eigenvalue weighted by Crippen LogP contribution is -2.21. The van der Waals surface area contributed by atoms with Crippen LogP contribution in [0.4, 0.5) is 0 Å². The molecule has 0 bridgehead atoms. The van der Waals surface area contributed by atoms with E-state index in [4.69, 9.17) is 9.47 Å². The molecule has 4 N–H and O–H groups in total. The summed E-state index contributed by atoms with van der Waals surface area (Å²) in [5.41, 5.74) is 3.09. The van der Waals surface area contributed by atoms with Gasteiger partial charge < -0.3 is 29.9 Å². The molecule has 176 valence electrons. The molecular weight excluding hydrogens is 424 g/mol. The second-order valence-corrected chi connectivity index (χ2v) is 8.50. The number of hydrogen-bond donors (Lipinski definition) is 4. The molecule has 7 nitrogen and oxygen atoms in total. The van der Waals surface area contributed by atoms with Gasteiger partial charge in [0.15, 0.2) is 17.3 Å². The molecule has 0 aromatic heterocycles. The van der Waals surface area contributed by atoms with Crippen molar-refractivity contribution in [2.75, 3.05) is 7.11 Å². The summed E-state index contributed by atoms with van der Waals surface area (Å²) in [6, 6.07) is 4.09. The molecule has 0 radical (unpaired) electrons. The van der Waals surface area contributed by atoms with Gasteiger partial charge in [0.2, 0.25) is 5.75 Å². The number of aromatic hydroxyl groups is 4. The summed E-state index contributed by atoms with van der Waals surface area (Å²) in [6.45, 7) is 6.09. The van der Waals surface area contributed by atoms with Crippen LogP contribution in [0.15, 0.2) is 41.5 Å². The molecule has 3 rings (SSSR count). The number of carbonyl (C=O) groups is 1. The number of rotatable bonds is 7. The summed E-state index contributed by atoms with van der Waals surface area (Å²) in [4.78, 5) is 12.9. The molecule has 33 heavy (non-hydrogen) atoms. The van der Waals surface area contributed by atoms with Gasteiger partial charge in [-0.1, -0.05) is 23.3 Å². The molecule has 0 amide bonds. The van der Waals surface area contributed by atoms with Crippen molar-refractivity contribution < 1.29 is 34.7 Å². The molecule has 1 atom stereocenters. The number of Topliss-reactive ketones (excluding diaryl/α,β-unsaturated/α-hetero) is 1. The van der Waals surface area contributed by atoms with E-state index in [9.17, 15) is 25.2 Å². The van der Waals surface area contributed by atoms with Gasteiger partial charge in [-0.05, 0) is 52.2 Å². The van der Waals surface area contributed by atoms with Crippen LogP contribution in [-0.2, 0) is 6.42 Å². The first-order chi connectivity index (χ1) is 15.6. The van der Waals surface area contributed by atoms with Crippen LogP contribution in [0.1, 0.15) is 67.6 Å². The Labute approximate surface area is 193 Å². The largest absolute Gasteiger partial charge is 0.507 e. The highest BCUT2D eigenvalue weighted by molar-refractivity contribution is 6.03. The van der Waals surface area contributed by atoms with E-state index >= 15 is 0 Å². The summed E-state index contributed by atoms with van der Waals surface area (Å²) < 4.78 is 10.9. The lowest BCUT2D eigenvalue weighted by Gasteiger charge is -2.27. The standard InChI is InChI=1S/C26H30O7/c1-14(2)6-5-7-15(3)8-9-17-18(27)12-22-24(25(17)30)19(28)13-21(33-22)16-10-20(29)26(31)23(11-16)32-4/h6,8,10-12,21,27,29-31H,5,7,9,13H2,1-4H3/b15-8+/t21-/m1/s1. The minimum Gasteiger partial charge on any atom is -0.507 e. The Bertz CT molecular complexity index is 1120. The maximum atomic E-state index is 12.9. The van der Waals surface area contributed by atoms with Gasteiger partial charge in [-0.25, -0.2) is 0 Å². The molecule has 0 saturated heterocycles. The van der Waals surface area contributed by atoms with Crippen molar-refractivity contribution in [2.45, 2.75) is 52.6 Å². The first-order valence-corrected chi connectivity index (χ1v) is 10.8. The van der Waals surface area contributed by atoms with Gasteiger partial charge in [0.25, 0.3) is 0 Å². The highest BCUT2D eigenvalue weighted by atomic mass is 16.5. The van der Waals surface area contributed by atoms with Gasteiger partial charge in [0, 0.05) is 17.2 Å². The molecule has 0 spiro atoms. The van der Waals surface area contributed by atoms with Crippen LogP contribution >= 0.6 is 0 Å². The van der Waals surface area contributed by atoms with E-state index in [0.717, 1.165) is 18.4 Å². The van der Waals surface area contributed by atoms with E-state index in [1.807, 2.05) is 26.8 Å². The predicted molar refractivity (Wildman–Crippen MR) is 125 cm³/mol. The van der Waals surface area contributed by atoms with Crippen LogP contribution in [0.3, 0.4) is 0 Å². The fourth-order valence-electron chi connectivity index (χ4n) is 3.81. The molecule has 1 heterocycles. The number of fused-ring (bicyclic) bond motifs is 1. The Morgan fingerprint density at radius 1 is 1.06 bits per heavy atom. The number of ether oxygens (including phenoxy) is 2. The van der Waals surface area contributed by atoms with Crippen molar-refractivity contribution in [3.63, 3.8) is 0 Å². The molecule has 7 heteroatoms. The SMILES string of the molecule is COc1cc([C@H]2CC(=O)c3c(cc(O)c(C/C=C(\C)CCC=C(C)C)c3O)O2)cc(O)c1O. The number of methoxy groups -OCH3 is 1. The minimum atomic E-state index is -0.785. The van der Waals surface area contributed by atoms with Crippen molar-refractivity contribution >= 4 is 5.78 Å². The average molecular weight is 455 g/mol. The Balaban J connectivity index is 1.87. The van der Waals surface area contributed by atoms with E-state index in [0.29, 0.717) is 5.56 Å². The topological polar surface area (TPSA) is 116 Å².